The van der Waals surface area contributed by atoms with Crippen molar-refractivity contribution in [1.29, 1.82) is 0 Å². The number of hydrogen-bond donors (Lipinski definition) is 0. The summed E-state index contributed by atoms with van der Waals surface area (Å²) in [5.74, 6) is 1.64. The smallest absolute Gasteiger partial charge is 0.162 e. The van der Waals surface area contributed by atoms with Crippen LogP contribution in [0.2, 0.25) is 0 Å². The van der Waals surface area contributed by atoms with E-state index in [-0.39, 0.29) is 5.78 Å². The van der Waals surface area contributed by atoms with Crippen LogP contribution in [0.4, 0.5) is 0 Å². The quantitative estimate of drug-likeness (QED) is 0.647. The van der Waals surface area contributed by atoms with Crippen LogP contribution in [0.5, 0.6) is 11.5 Å². The lowest BCUT2D eigenvalue weighted by Gasteiger charge is -2.10. The Labute approximate surface area is 141 Å². The Morgan fingerprint density at radius 3 is 2.33 bits per heavy atom. The van der Waals surface area contributed by atoms with E-state index in [4.69, 9.17) is 9.47 Å². The van der Waals surface area contributed by atoms with Gasteiger partial charge in [-0.15, -0.1) is 0 Å². The van der Waals surface area contributed by atoms with Crippen LogP contribution in [0.3, 0.4) is 0 Å². The first-order chi connectivity index (χ1) is 11.6. The fourth-order valence-corrected chi connectivity index (χ4v) is 3.16. The highest BCUT2D eigenvalue weighted by molar-refractivity contribution is 6.09. The lowest BCUT2D eigenvalue weighted by Crippen LogP contribution is -1.99. The predicted octanol–water partition coefficient (Wildman–Crippen LogP) is 4.55. The van der Waals surface area contributed by atoms with Gasteiger partial charge in [0.05, 0.1) is 19.2 Å². The first kappa shape index (κ1) is 16.1. The first-order valence-electron chi connectivity index (χ1n) is 8.00. The second-order valence-electron chi connectivity index (χ2n) is 5.66. The molecule has 0 fully saturated rings. The Kier molecular flexibility index (Phi) is 4.30. The van der Waals surface area contributed by atoms with Gasteiger partial charge in [-0.25, -0.2) is 0 Å². The van der Waals surface area contributed by atoms with Crippen LogP contribution >= 0.6 is 0 Å². The van der Waals surface area contributed by atoms with Crippen molar-refractivity contribution < 1.29 is 14.3 Å². The van der Waals surface area contributed by atoms with E-state index in [0.717, 1.165) is 39.3 Å². The lowest BCUT2D eigenvalue weighted by molar-refractivity contribution is 0.101. The maximum atomic E-state index is 12.2. The summed E-state index contributed by atoms with van der Waals surface area (Å²) in [5, 5.41) is 0.918. The number of fused-ring (bicyclic) bond motifs is 1. The summed E-state index contributed by atoms with van der Waals surface area (Å²) in [6.45, 7) is 6.12. The van der Waals surface area contributed by atoms with Gasteiger partial charge in [0.1, 0.15) is 11.5 Å². The highest BCUT2D eigenvalue weighted by Gasteiger charge is 2.19. The van der Waals surface area contributed by atoms with Gasteiger partial charge in [0.2, 0.25) is 0 Å². The van der Waals surface area contributed by atoms with Crippen molar-refractivity contribution in [3.8, 4) is 17.2 Å². The van der Waals surface area contributed by atoms with Gasteiger partial charge in [-0.05, 0) is 63.2 Å². The molecule has 2 aromatic carbocycles. The Morgan fingerprint density at radius 1 is 1.08 bits per heavy atom. The van der Waals surface area contributed by atoms with Crippen LogP contribution in [-0.4, -0.2) is 24.1 Å². The van der Waals surface area contributed by atoms with Crippen LogP contribution in [0, 0.1) is 6.92 Å². The zero-order valence-electron chi connectivity index (χ0n) is 14.4. The Bertz CT molecular complexity index is 891. The molecule has 3 aromatic rings. The average molecular weight is 323 g/mol. The van der Waals surface area contributed by atoms with E-state index in [0.29, 0.717) is 6.61 Å². The van der Waals surface area contributed by atoms with Gasteiger partial charge in [-0.3, -0.25) is 4.79 Å². The van der Waals surface area contributed by atoms with Gasteiger partial charge in [0.15, 0.2) is 5.78 Å². The van der Waals surface area contributed by atoms with Crippen LogP contribution in [0.1, 0.15) is 29.9 Å². The van der Waals surface area contributed by atoms with Crippen LogP contribution in [0.15, 0.2) is 42.5 Å². The summed E-state index contributed by atoms with van der Waals surface area (Å²) in [6, 6.07) is 13.7. The Hall–Kier alpha value is -2.75. The van der Waals surface area contributed by atoms with Gasteiger partial charge in [-0.1, -0.05) is 0 Å². The van der Waals surface area contributed by atoms with Crippen molar-refractivity contribution in [3.63, 3.8) is 0 Å². The topological polar surface area (TPSA) is 40.5 Å². The van der Waals surface area contributed by atoms with Crippen molar-refractivity contribution in [2.24, 2.45) is 0 Å². The molecule has 0 aliphatic rings. The first-order valence-corrected chi connectivity index (χ1v) is 8.00. The Morgan fingerprint density at radius 2 is 1.75 bits per heavy atom. The normalized spacial score (nSPS) is 10.8. The van der Waals surface area contributed by atoms with Crippen LogP contribution in [-0.2, 0) is 0 Å². The number of ketones is 1. The van der Waals surface area contributed by atoms with E-state index in [1.54, 1.807) is 14.0 Å². The van der Waals surface area contributed by atoms with Gasteiger partial charge >= 0.3 is 0 Å². The number of Topliss-reactive ketones (excluding diaryl/α,β-unsaturated/α-hetero) is 1. The standard InChI is InChI=1S/C20H21NO3/c1-5-24-17-10-11-19-18(12-17)20(14(3)22)13(2)21(19)15-6-8-16(23-4)9-7-15/h6-12H,5H2,1-4H3. The molecule has 0 spiro atoms. The van der Waals surface area contributed by atoms with E-state index in [9.17, 15) is 4.79 Å². The third-order valence-corrected chi connectivity index (χ3v) is 4.17. The molecular weight excluding hydrogens is 302 g/mol. The van der Waals surface area contributed by atoms with E-state index >= 15 is 0 Å². The van der Waals surface area contributed by atoms with Crippen LogP contribution in [0.25, 0.3) is 16.6 Å². The maximum absolute atomic E-state index is 12.2. The number of ether oxygens (including phenoxy) is 2. The maximum Gasteiger partial charge on any atom is 0.162 e. The lowest BCUT2D eigenvalue weighted by atomic mass is 10.1. The van der Waals surface area contributed by atoms with Crippen molar-refractivity contribution in [1.82, 2.24) is 4.57 Å². The Balaban J connectivity index is 2.27. The average Bonchev–Trinajstić information content (AvgIpc) is 2.86. The van der Waals surface area contributed by atoms with E-state index < -0.39 is 0 Å². The fourth-order valence-electron chi connectivity index (χ4n) is 3.16. The molecule has 0 atom stereocenters. The van der Waals surface area contributed by atoms with Gasteiger partial charge in [0.25, 0.3) is 0 Å². The van der Waals surface area contributed by atoms with Crippen molar-refractivity contribution >= 4 is 16.7 Å². The molecule has 24 heavy (non-hydrogen) atoms. The third kappa shape index (κ3) is 2.64. The fraction of sp³-hybridized carbons (Fsp3) is 0.250. The molecule has 0 N–H and O–H groups in total. The highest BCUT2D eigenvalue weighted by atomic mass is 16.5. The van der Waals surface area contributed by atoms with Gasteiger partial charge in [0, 0.05) is 22.3 Å². The molecule has 0 bridgehead atoms. The predicted molar refractivity (Wildman–Crippen MR) is 95.7 cm³/mol. The molecule has 0 aliphatic heterocycles. The minimum Gasteiger partial charge on any atom is -0.497 e. The molecule has 3 rings (SSSR count). The number of methoxy groups -OCH3 is 1. The highest BCUT2D eigenvalue weighted by Crippen LogP contribution is 2.32. The molecule has 4 nitrogen and oxygen atoms in total. The SMILES string of the molecule is CCOc1ccc2c(c1)c(C(C)=O)c(C)n2-c1ccc(OC)cc1. The van der Waals surface area contributed by atoms with Gasteiger partial charge < -0.3 is 14.0 Å². The molecule has 0 amide bonds. The summed E-state index contributed by atoms with van der Waals surface area (Å²) >= 11 is 0. The number of rotatable bonds is 5. The minimum atomic E-state index is 0.0541. The summed E-state index contributed by atoms with van der Waals surface area (Å²) in [4.78, 5) is 12.2. The molecule has 4 heteroatoms. The van der Waals surface area contributed by atoms with Crippen molar-refractivity contribution in [3.05, 3.63) is 53.7 Å². The molecular formula is C20H21NO3. The molecule has 0 aliphatic carbocycles. The van der Waals surface area contributed by atoms with Crippen molar-refractivity contribution in [2.45, 2.75) is 20.8 Å². The number of aromatic nitrogens is 1. The third-order valence-electron chi connectivity index (χ3n) is 4.17. The zero-order valence-corrected chi connectivity index (χ0v) is 14.4. The van der Waals surface area contributed by atoms with E-state index in [1.807, 2.05) is 56.3 Å². The van der Waals surface area contributed by atoms with E-state index in [2.05, 4.69) is 4.57 Å². The summed E-state index contributed by atoms with van der Waals surface area (Å²) in [6.07, 6.45) is 0. The van der Waals surface area contributed by atoms with Crippen LogP contribution < -0.4 is 9.47 Å². The van der Waals surface area contributed by atoms with E-state index in [1.165, 1.54) is 0 Å². The molecule has 124 valence electrons. The minimum absolute atomic E-state index is 0.0541. The zero-order chi connectivity index (χ0) is 17.3. The number of carbonyl (C=O) groups excluding carboxylic acids is 1. The molecule has 1 aromatic heterocycles. The monoisotopic (exact) mass is 323 g/mol. The van der Waals surface area contributed by atoms with Crippen molar-refractivity contribution in [2.75, 3.05) is 13.7 Å². The number of hydrogen-bond acceptors (Lipinski definition) is 3. The number of benzene rings is 2. The largest absolute Gasteiger partial charge is 0.497 e. The molecule has 0 saturated heterocycles. The van der Waals surface area contributed by atoms with Gasteiger partial charge in [-0.2, -0.15) is 0 Å². The molecule has 0 unspecified atom stereocenters. The summed E-state index contributed by atoms with van der Waals surface area (Å²) < 4.78 is 12.9. The second-order valence-corrected chi connectivity index (χ2v) is 5.66. The second kappa shape index (κ2) is 6.40. The molecule has 0 radical (unpaired) electrons. The number of carbonyl (C=O) groups is 1. The summed E-state index contributed by atoms with van der Waals surface area (Å²) in [5.41, 5.74) is 3.65. The molecule has 1 heterocycles. The number of nitrogens with zero attached hydrogens (tertiary/aromatic N) is 1. The summed E-state index contributed by atoms with van der Waals surface area (Å²) in [7, 11) is 1.65. The molecule has 0 saturated carbocycles.